The summed E-state index contributed by atoms with van der Waals surface area (Å²) in [6.45, 7) is 2.69. The van der Waals surface area contributed by atoms with E-state index in [4.69, 9.17) is 19.9 Å². The third-order valence-corrected chi connectivity index (χ3v) is 4.22. The second-order valence-corrected chi connectivity index (χ2v) is 6.00. The van der Waals surface area contributed by atoms with Gasteiger partial charge < -0.3 is 14.9 Å². The summed E-state index contributed by atoms with van der Waals surface area (Å²) < 4.78 is 5.96. The summed E-state index contributed by atoms with van der Waals surface area (Å²) in [5.41, 5.74) is 1.84. The molecule has 0 aliphatic heterocycles. The van der Waals surface area contributed by atoms with Gasteiger partial charge in [-0.3, -0.25) is 4.90 Å². The fourth-order valence-electron chi connectivity index (χ4n) is 2.98. The normalized spacial score (nSPS) is 11.5. The van der Waals surface area contributed by atoms with Gasteiger partial charge in [-0.2, -0.15) is 0 Å². The molecule has 0 bridgehead atoms. The summed E-state index contributed by atoms with van der Waals surface area (Å²) in [7, 11) is 0. The Hall–Kier alpha value is -2.21. The van der Waals surface area contributed by atoms with Gasteiger partial charge >= 0.3 is 0 Å². The van der Waals surface area contributed by atoms with E-state index in [2.05, 4.69) is 12.1 Å². The van der Waals surface area contributed by atoms with Gasteiger partial charge in [0.2, 0.25) is 0 Å². The van der Waals surface area contributed by atoms with Crippen LogP contribution >= 0.6 is 0 Å². The van der Waals surface area contributed by atoms with Crippen molar-refractivity contribution in [2.45, 2.75) is 6.42 Å². The zero-order valence-corrected chi connectivity index (χ0v) is 14.3. The standard InChI is InChI=1S/C20H24N2O3/c23-12-10-22(11-13-24)9-4-14-25-19-8-3-6-17-15-16-5-1-2-7-18(16)21-20(17)19/h1-3,5-8,15,23-24H,4,9-14H2. The summed E-state index contributed by atoms with van der Waals surface area (Å²) in [5.74, 6) is 0.791. The molecule has 0 fully saturated rings. The number of nitrogens with zero attached hydrogens (tertiary/aromatic N) is 2. The Labute approximate surface area is 147 Å². The molecular formula is C20H24N2O3. The molecule has 5 heteroatoms. The zero-order chi connectivity index (χ0) is 17.5. The van der Waals surface area contributed by atoms with Crippen LogP contribution in [0.1, 0.15) is 6.42 Å². The molecule has 0 aliphatic rings. The van der Waals surface area contributed by atoms with Gasteiger partial charge in [-0.25, -0.2) is 4.98 Å². The molecule has 0 atom stereocenters. The van der Waals surface area contributed by atoms with E-state index in [1.165, 1.54) is 0 Å². The molecule has 0 radical (unpaired) electrons. The smallest absolute Gasteiger partial charge is 0.145 e. The molecule has 132 valence electrons. The monoisotopic (exact) mass is 340 g/mol. The van der Waals surface area contributed by atoms with Crippen molar-refractivity contribution in [2.24, 2.45) is 0 Å². The predicted molar refractivity (Wildman–Crippen MR) is 100.0 cm³/mol. The number of aliphatic hydroxyl groups excluding tert-OH is 2. The largest absolute Gasteiger partial charge is 0.491 e. The van der Waals surface area contributed by atoms with E-state index in [0.717, 1.165) is 40.5 Å². The molecular weight excluding hydrogens is 316 g/mol. The molecule has 1 heterocycles. The highest BCUT2D eigenvalue weighted by Gasteiger charge is 2.07. The molecule has 0 saturated carbocycles. The van der Waals surface area contributed by atoms with Gasteiger partial charge in [0.1, 0.15) is 11.3 Å². The molecule has 2 aromatic carbocycles. The van der Waals surface area contributed by atoms with Crippen molar-refractivity contribution in [1.82, 2.24) is 9.88 Å². The van der Waals surface area contributed by atoms with E-state index in [9.17, 15) is 0 Å². The Morgan fingerprint density at radius 1 is 0.880 bits per heavy atom. The average Bonchev–Trinajstić information content (AvgIpc) is 2.64. The third kappa shape index (κ3) is 4.45. The fourth-order valence-corrected chi connectivity index (χ4v) is 2.98. The lowest BCUT2D eigenvalue weighted by molar-refractivity contribution is 0.153. The van der Waals surface area contributed by atoms with Crippen LogP contribution < -0.4 is 4.74 Å². The van der Waals surface area contributed by atoms with E-state index >= 15 is 0 Å². The Morgan fingerprint density at radius 3 is 2.44 bits per heavy atom. The minimum Gasteiger partial charge on any atom is -0.491 e. The van der Waals surface area contributed by atoms with E-state index in [-0.39, 0.29) is 13.2 Å². The Morgan fingerprint density at radius 2 is 1.64 bits per heavy atom. The molecule has 3 rings (SSSR count). The molecule has 2 N–H and O–H groups in total. The Bertz CT molecular complexity index is 816. The van der Waals surface area contributed by atoms with Crippen LogP contribution in [0.4, 0.5) is 0 Å². The van der Waals surface area contributed by atoms with Crippen LogP contribution in [0.2, 0.25) is 0 Å². The van der Waals surface area contributed by atoms with Crippen LogP contribution in [0, 0.1) is 0 Å². The average molecular weight is 340 g/mol. The first kappa shape index (κ1) is 17.6. The molecule has 3 aromatic rings. The zero-order valence-electron chi connectivity index (χ0n) is 14.3. The number of hydrogen-bond acceptors (Lipinski definition) is 5. The Balaban J connectivity index is 1.68. The van der Waals surface area contributed by atoms with Crippen molar-refractivity contribution in [1.29, 1.82) is 0 Å². The highest BCUT2D eigenvalue weighted by Crippen LogP contribution is 2.27. The number of rotatable bonds is 9. The first-order chi connectivity index (χ1) is 12.3. The minimum absolute atomic E-state index is 0.0984. The van der Waals surface area contributed by atoms with E-state index in [1.54, 1.807) is 0 Å². The van der Waals surface area contributed by atoms with Crippen LogP contribution in [0.5, 0.6) is 5.75 Å². The minimum atomic E-state index is 0.0984. The fraction of sp³-hybridized carbons (Fsp3) is 0.350. The maximum atomic E-state index is 9.04. The lowest BCUT2D eigenvalue weighted by Gasteiger charge is -2.20. The number of para-hydroxylation sites is 2. The lowest BCUT2D eigenvalue weighted by atomic mass is 10.1. The van der Waals surface area contributed by atoms with Gasteiger partial charge in [0.05, 0.1) is 25.3 Å². The number of hydrogen-bond donors (Lipinski definition) is 2. The SMILES string of the molecule is OCCN(CCO)CCCOc1cccc2cc3ccccc3nc12. The maximum Gasteiger partial charge on any atom is 0.145 e. The van der Waals surface area contributed by atoms with E-state index in [0.29, 0.717) is 19.7 Å². The highest BCUT2D eigenvalue weighted by atomic mass is 16.5. The van der Waals surface area contributed by atoms with Crippen molar-refractivity contribution in [3.8, 4) is 5.75 Å². The second-order valence-electron chi connectivity index (χ2n) is 6.00. The van der Waals surface area contributed by atoms with Crippen LogP contribution in [-0.2, 0) is 0 Å². The van der Waals surface area contributed by atoms with Crippen molar-refractivity contribution in [3.05, 3.63) is 48.5 Å². The van der Waals surface area contributed by atoms with Crippen LogP contribution in [-0.4, -0.2) is 59.6 Å². The third-order valence-electron chi connectivity index (χ3n) is 4.22. The molecule has 0 amide bonds. The number of fused-ring (bicyclic) bond motifs is 2. The Kier molecular flexibility index (Phi) is 6.17. The molecule has 0 unspecified atom stereocenters. The first-order valence-corrected chi connectivity index (χ1v) is 8.67. The number of benzene rings is 2. The molecule has 0 spiro atoms. The quantitative estimate of drug-likeness (QED) is 0.463. The lowest BCUT2D eigenvalue weighted by Crippen LogP contribution is -2.31. The summed E-state index contributed by atoms with van der Waals surface area (Å²) in [4.78, 5) is 6.77. The number of aliphatic hydroxyl groups is 2. The van der Waals surface area contributed by atoms with Crippen molar-refractivity contribution in [2.75, 3.05) is 39.5 Å². The second kappa shape index (κ2) is 8.76. The van der Waals surface area contributed by atoms with Crippen LogP contribution in [0.25, 0.3) is 21.8 Å². The number of ether oxygens (including phenoxy) is 1. The van der Waals surface area contributed by atoms with Crippen molar-refractivity contribution in [3.63, 3.8) is 0 Å². The van der Waals surface area contributed by atoms with E-state index < -0.39 is 0 Å². The summed E-state index contributed by atoms with van der Waals surface area (Å²) in [6.07, 6.45) is 0.823. The van der Waals surface area contributed by atoms with Crippen LogP contribution in [0.15, 0.2) is 48.5 Å². The van der Waals surface area contributed by atoms with E-state index in [1.807, 2.05) is 41.3 Å². The van der Waals surface area contributed by atoms with Gasteiger partial charge in [0.15, 0.2) is 0 Å². The molecule has 25 heavy (non-hydrogen) atoms. The molecule has 1 aromatic heterocycles. The van der Waals surface area contributed by atoms with Crippen molar-refractivity contribution < 1.29 is 14.9 Å². The van der Waals surface area contributed by atoms with Gasteiger partial charge in [-0.15, -0.1) is 0 Å². The topological polar surface area (TPSA) is 65.8 Å². The molecule has 5 nitrogen and oxygen atoms in total. The summed E-state index contributed by atoms with van der Waals surface area (Å²) in [6, 6.07) is 16.2. The van der Waals surface area contributed by atoms with Crippen molar-refractivity contribution >= 4 is 21.8 Å². The number of pyridine rings is 1. The highest BCUT2D eigenvalue weighted by molar-refractivity contribution is 5.95. The summed E-state index contributed by atoms with van der Waals surface area (Å²) >= 11 is 0. The number of aromatic nitrogens is 1. The maximum absolute atomic E-state index is 9.04. The molecule has 0 aliphatic carbocycles. The predicted octanol–water partition coefficient (Wildman–Crippen LogP) is 2.44. The first-order valence-electron chi connectivity index (χ1n) is 8.67. The van der Waals surface area contributed by atoms with Gasteiger partial charge in [-0.05, 0) is 24.6 Å². The van der Waals surface area contributed by atoms with Crippen LogP contribution in [0.3, 0.4) is 0 Å². The van der Waals surface area contributed by atoms with Gasteiger partial charge in [0, 0.05) is 30.4 Å². The van der Waals surface area contributed by atoms with Gasteiger partial charge in [-0.1, -0.05) is 30.3 Å². The van der Waals surface area contributed by atoms with Gasteiger partial charge in [0.25, 0.3) is 0 Å². The molecule has 0 saturated heterocycles. The summed E-state index contributed by atoms with van der Waals surface area (Å²) in [5, 5.41) is 20.3.